The van der Waals surface area contributed by atoms with E-state index < -0.39 is 5.41 Å². The van der Waals surface area contributed by atoms with E-state index in [1.165, 1.54) is 0 Å². The number of aliphatic hydroxyl groups excluding tert-OH is 2. The summed E-state index contributed by atoms with van der Waals surface area (Å²) < 4.78 is 21.2. The van der Waals surface area contributed by atoms with E-state index in [1.54, 1.807) is 6.08 Å². The molecule has 23 heavy (non-hydrogen) atoms. The number of rotatable bonds is 17. The van der Waals surface area contributed by atoms with Crippen molar-refractivity contribution in [3.8, 4) is 0 Å². The Morgan fingerprint density at radius 2 is 1.52 bits per heavy atom. The van der Waals surface area contributed by atoms with Crippen molar-refractivity contribution in [2.24, 2.45) is 10.5 Å². The Morgan fingerprint density at radius 1 is 0.957 bits per heavy atom. The molecule has 0 rings (SSSR count). The van der Waals surface area contributed by atoms with Crippen molar-refractivity contribution >= 4 is 0 Å². The first-order valence-corrected chi connectivity index (χ1v) is 7.39. The lowest BCUT2D eigenvalue weighted by molar-refractivity contribution is -0.0812. The monoisotopic (exact) mass is 333 g/mol. The van der Waals surface area contributed by atoms with Crippen LogP contribution in [0.15, 0.2) is 17.8 Å². The highest BCUT2D eigenvalue weighted by atomic mass is 16.5. The van der Waals surface area contributed by atoms with E-state index in [9.17, 15) is 10.2 Å². The predicted octanol–water partition coefficient (Wildman–Crippen LogP) is 0.520. The molecule has 0 aliphatic carbocycles. The molecular weight excluding hydrogens is 306 g/mol. The van der Waals surface area contributed by atoms with Gasteiger partial charge in [0, 0.05) is 11.5 Å². The molecule has 0 aromatic rings. The fraction of sp³-hybridized carbons (Fsp3) is 0.857. The van der Waals surface area contributed by atoms with Gasteiger partial charge in [0.2, 0.25) is 0 Å². The summed E-state index contributed by atoms with van der Waals surface area (Å²) >= 11 is 0. The molecule has 0 saturated heterocycles. The van der Waals surface area contributed by atoms with E-state index in [4.69, 9.17) is 24.5 Å². The van der Waals surface area contributed by atoms with Gasteiger partial charge in [-0.15, -0.1) is 6.58 Å². The Bertz CT molecular complexity index is 332. The Kier molecular flexibility index (Phi) is 14.9. The van der Waals surface area contributed by atoms with E-state index >= 15 is 0 Å². The summed E-state index contributed by atoms with van der Waals surface area (Å²) in [6.07, 6.45) is 1.60. The molecule has 134 valence electrons. The highest BCUT2D eigenvalue weighted by Crippen LogP contribution is 2.17. The predicted molar refractivity (Wildman–Crippen MR) is 84.1 cm³/mol. The Labute approximate surface area is 136 Å². The lowest BCUT2D eigenvalue weighted by Crippen LogP contribution is -2.40. The van der Waals surface area contributed by atoms with Crippen molar-refractivity contribution in [2.75, 3.05) is 72.6 Å². The first-order chi connectivity index (χ1) is 11.2. The van der Waals surface area contributed by atoms with Crippen LogP contribution in [0.1, 0.15) is 0 Å². The number of hydrogen-bond acceptors (Lipinski definition) is 7. The number of hydrogen-bond donors (Lipinski definition) is 2. The molecule has 0 aromatic heterocycles. The quantitative estimate of drug-likeness (QED) is 0.131. The molecule has 0 unspecified atom stereocenters. The molecule has 0 aromatic carbocycles. The number of azide groups is 1. The average Bonchev–Trinajstić information content (AvgIpc) is 2.58. The Hall–Kier alpha value is -1.19. The summed E-state index contributed by atoms with van der Waals surface area (Å²) in [5, 5.41) is 22.2. The van der Waals surface area contributed by atoms with Gasteiger partial charge in [-0.25, -0.2) is 0 Å². The van der Waals surface area contributed by atoms with Crippen molar-refractivity contribution in [3.63, 3.8) is 0 Å². The van der Waals surface area contributed by atoms with Crippen LogP contribution in [0.3, 0.4) is 0 Å². The standard InChI is InChI=1S/C14H27N3O6/c1-2-4-22-12-14(10-18,11-19)13-23-9-8-21-7-6-20-5-3-16-17-15/h2,18-19H,1,3-13H2. The Balaban J connectivity index is 3.62. The van der Waals surface area contributed by atoms with Crippen molar-refractivity contribution in [1.82, 2.24) is 0 Å². The molecule has 0 heterocycles. The van der Waals surface area contributed by atoms with Gasteiger partial charge in [-0.3, -0.25) is 0 Å². The van der Waals surface area contributed by atoms with Gasteiger partial charge < -0.3 is 29.2 Å². The molecule has 0 atom stereocenters. The van der Waals surface area contributed by atoms with Crippen LogP contribution >= 0.6 is 0 Å². The molecule has 0 aliphatic heterocycles. The molecule has 0 saturated carbocycles. The molecule has 9 nitrogen and oxygen atoms in total. The van der Waals surface area contributed by atoms with Crippen LogP contribution in [-0.4, -0.2) is 82.8 Å². The zero-order chi connectivity index (χ0) is 17.2. The maximum absolute atomic E-state index is 9.41. The first kappa shape index (κ1) is 21.8. The first-order valence-electron chi connectivity index (χ1n) is 7.39. The van der Waals surface area contributed by atoms with Crippen LogP contribution in [0.5, 0.6) is 0 Å². The minimum atomic E-state index is -0.826. The summed E-state index contributed by atoms with van der Waals surface area (Å²) in [7, 11) is 0. The van der Waals surface area contributed by atoms with Gasteiger partial charge >= 0.3 is 0 Å². The lowest BCUT2D eigenvalue weighted by Gasteiger charge is -2.29. The smallest absolute Gasteiger partial charge is 0.0701 e. The second-order valence-corrected chi connectivity index (χ2v) is 4.85. The maximum Gasteiger partial charge on any atom is 0.0701 e. The van der Waals surface area contributed by atoms with E-state index in [0.717, 1.165) is 0 Å². The molecule has 9 heteroatoms. The molecule has 0 amide bonds. The lowest BCUT2D eigenvalue weighted by atomic mass is 9.92. The van der Waals surface area contributed by atoms with Crippen molar-refractivity contribution < 1.29 is 29.2 Å². The zero-order valence-electron chi connectivity index (χ0n) is 13.4. The van der Waals surface area contributed by atoms with E-state index in [-0.39, 0.29) is 26.4 Å². The van der Waals surface area contributed by atoms with Crippen LogP contribution in [0.25, 0.3) is 10.4 Å². The van der Waals surface area contributed by atoms with Crippen LogP contribution in [0.4, 0.5) is 0 Å². The molecular formula is C14H27N3O6. The van der Waals surface area contributed by atoms with E-state index in [2.05, 4.69) is 16.6 Å². The fourth-order valence-electron chi connectivity index (χ4n) is 1.51. The average molecular weight is 333 g/mol. The second-order valence-electron chi connectivity index (χ2n) is 4.85. The number of ether oxygens (including phenoxy) is 4. The minimum absolute atomic E-state index is 0.170. The van der Waals surface area contributed by atoms with Gasteiger partial charge in [-0.1, -0.05) is 11.2 Å². The summed E-state index contributed by atoms with van der Waals surface area (Å²) in [6.45, 7) is 5.97. The van der Waals surface area contributed by atoms with Gasteiger partial charge in [-0.05, 0) is 5.53 Å². The molecule has 0 spiro atoms. The van der Waals surface area contributed by atoms with Crippen molar-refractivity contribution in [3.05, 3.63) is 23.1 Å². The summed E-state index contributed by atoms with van der Waals surface area (Å²) in [6, 6.07) is 0. The van der Waals surface area contributed by atoms with Gasteiger partial charge in [0.05, 0.1) is 71.5 Å². The van der Waals surface area contributed by atoms with E-state index in [0.29, 0.717) is 46.2 Å². The Morgan fingerprint density at radius 3 is 2.09 bits per heavy atom. The van der Waals surface area contributed by atoms with Crippen LogP contribution in [0.2, 0.25) is 0 Å². The van der Waals surface area contributed by atoms with Gasteiger partial charge in [-0.2, -0.15) is 0 Å². The van der Waals surface area contributed by atoms with Crippen molar-refractivity contribution in [1.29, 1.82) is 0 Å². The molecule has 0 bridgehead atoms. The van der Waals surface area contributed by atoms with E-state index in [1.807, 2.05) is 0 Å². The summed E-state index contributed by atoms with van der Waals surface area (Å²) in [5.41, 5.74) is 7.24. The second kappa shape index (κ2) is 15.7. The molecule has 0 fully saturated rings. The third-order valence-electron chi connectivity index (χ3n) is 2.87. The van der Waals surface area contributed by atoms with Crippen LogP contribution in [0, 0.1) is 5.41 Å². The maximum atomic E-state index is 9.41. The van der Waals surface area contributed by atoms with Crippen LogP contribution < -0.4 is 0 Å². The van der Waals surface area contributed by atoms with Crippen LogP contribution in [-0.2, 0) is 18.9 Å². The third-order valence-corrected chi connectivity index (χ3v) is 2.87. The van der Waals surface area contributed by atoms with Gasteiger partial charge in [0.15, 0.2) is 0 Å². The third kappa shape index (κ3) is 12.0. The SMILES string of the molecule is C=CCOCC(CO)(CO)COCCOCCOCCN=[N+]=[N-]. The largest absolute Gasteiger partial charge is 0.396 e. The zero-order valence-corrected chi connectivity index (χ0v) is 13.4. The topological polar surface area (TPSA) is 126 Å². The van der Waals surface area contributed by atoms with Gasteiger partial charge in [0.25, 0.3) is 0 Å². The number of nitrogens with zero attached hydrogens (tertiary/aromatic N) is 3. The summed E-state index contributed by atoms with van der Waals surface area (Å²) in [5.74, 6) is 0. The van der Waals surface area contributed by atoms with Crippen molar-refractivity contribution in [2.45, 2.75) is 0 Å². The molecule has 0 aliphatic rings. The molecule has 0 radical (unpaired) electrons. The number of aliphatic hydroxyl groups is 2. The molecule has 2 N–H and O–H groups in total. The highest BCUT2D eigenvalue weighted by Gasteiger charge is 2.29. The normalized spacial score (nSPS) is 11.2. The highest BCUT2D eigenvalue weighted by molar-refractivity contribution is 4.78. The van der Waals surface area contributed by atoms with Gasteiger partial charge in [0.1, 0.15) is 0 Å². The minimum Gasteiger partial charge on any atom is -0.396 e. The summed E-state index contributed by atoms with van der Waals surface area (Å²) in [4.78, 5) is 2.61. The fourth-order valence-corrected chi connectivity index (χ4v) is 1.51.